The average Bonchev–Trinajstić information content (AvgIpc) is 3.13. The summed E-state index contributed by atoms with van der Waals surface area (Å²) < 4.78 is 1.22. The molecule has 1 saturated heterocycles. The number of fused-ring (bicyclic) bond motifs is 1. The Bertz CT molecular complexity index is 840. The predicted molar refractivity (Wildman–Crippen MR) is 111 cm³/mol. The third-order valence-corrected chi connectivity index (χ3v) is 6.61. The predicted octanol–water partition coefficient (Wildman–Crippen LogP) is 3.88. The molecule has 26 heavy (non-hydrogen) atoms. The van der Waals surface area contributed by atoms with Gasteiger partial charge >= 0.3 is 0 Å². The Morgan fingerprint density at radius 3 is 2.50 bits per heavy atom. The monoisotopic (exact) mass is 383 g/mol. The van der Waals surface area contributed by atoms with E-state index in [0.717, 1.165) is 42.6 Å². The van der Waals surface area contributed by atoms with Gasteiger partial charge < -0.3 is 9.80 Å². The number of hydrogen-bond donors (Lipinski definition) is 0. The van der Waals surface area contributed by atoms with E-state index in [1.165, 1.54) is 10.3 Å². The van der Waals surface area contributed by atoms with Crippen molar-refractivity contribution >= 4 is 44.4 Å². The molecule has 4 nitrogen and oxygen atoms in total. The second kappa shape index (κ2) is 8.10. The largest absolute Gasteiger partial charge is 0.345 e. The Kier molecular flexibility index (Phi) is 5.41. The highest BCUT2D eigenvalue weighted by Crippen LogP contribution is 2.29. The standard InChI is InChI=1S/C20H21N3OS2/c24-19(15-25-14-16-6-2-1-3-7-16)22-10-12-23(13-11-22)20-21-17-8-4-5-9-18(17)26-20/h1-9H,10-15H2. The van der Waals surface area contributed by atoms with Gasteiger partial charge in [-0.25, -0.2) is 4.98 Å². The molecule has 2 aromatic carbocycles. The average molecular weight is 384 g/mol. The van der Waals surface area contributed by atoms with Crippen LogP contribution in [0.2, 0.25) is 0 Å². The third-order valence-electron chi connectivity index (χ3n) is 4.52. The van der Waals surface area contributed by atoms with Crippen LogP contribution in [-0.4, -0.2) is 47.7 Å². The minimum Gasteiger partial charge on any atom is -0.345 e. The fourth-order valence-corrected chi connectivity index (χ4v) is 4.97. The van der Waals surface area contributed by atoms with Gasteiger partial charge in [-0.3, -0.25) is 4.79 Å². The molecule has 1 aromatic heterocycles. The normalized spacial score (nSPS) is 14.8. The molecular weight excluding hydrogens is 362 g/mol. The van der Waals surface area contributed by atoms with E-state index in [-0.39, 0.29) is 5.91 Å². The molecule has 134 valence electrons. The molecule has 4 rings (SSSR count). The van der Waals surface area contributed by atoms with E-state index in [2.05, 4.69) is 29.2 Å². The van der Waals surface area contributed by atoms with Crippen LogP contribution < -0.4 is 4.90 Å². The number of aromatic nitrogens is 1. The fraction of sp³-hybridized carbons (Fsp3) is 0.300. The molecule has 1 aliphatic rings. The van der Waals surface area contributed by atoms with E-state index in [1.54, 1.807) is 23.1 Å². The van der Waals surface area contributed by atoms with Gasteiger partial charge in [0.15, 0.2) is 5.13 Å². The van der Waals surface area contributed by atoms with E-state index in [9.17, 15) is 4.79 Å². The quantitative estimate of drug-likeness (QED) is 0.670. The zero-order valence-electron chi connectivity index (χ0n) is 14.5. The number of nitrogens with zero attached hydrogens (tertiary/aromatic N) is 3. The summed E-state index contributed by atoms with van der Waals surface area (Å²) in [6.45, 7) is 3.27. The van der Waals surface area contributed by atoms with Crippen molar-refractivity contribution in [2.24, 2.45) is 0 Å². The van der Waals surface area contributed by atoms with Gasteiger partial charge in [0.1, 0.15) is 0 Å². The molecule has 1 aliphatic heterocycles. The van der Waals surface area contributed by atoms with Crippen LogP contribution in [0.4, 0.5) is 5.13 Å². The first-order valence-corrected chi connectivity index (χ1v) is 10.8. The molecule has 0 radical (unpaired) electrons. The number of thiazole rings is 1. The summed E-state index contributed by atoms with van der Waals surface area (Å²) in [6, 6.07) is 18.5. The lowest BCUT2D eigenvalue weighted by Crippen LogP contribution is -2.49. The van der Waals surface area contributed by atoms with Gasteiger partial charge in [0.25, 0.3) is 0 Å². The topological polar surface area (TPSA) is 36.4 Å². The van der Waals surface area contributed by atoms with Crippen molar-refractivity contribution in [1.29, 1.82) is 0 Å². The number of anilines is 1. The van der Waals surface area contributed by atoms with E-state index >= 15 is 0 Å². The smallest absolute Gasteiger partial charge is 0.232 e. The molecular formula is C20H21N3OS2. The maximum absolute atomic E-state index is 12.4. The zero-order chi connectivity index (χ0) is 17.8. The summed E-state index contributed by atoms with van der Waals surface area (Å²) in [4.78, 5) is 21.5. The zero-order valence-corrected chi connectivity index (χ0v) is 16.1. The van der Waals surface area contributed by atoms with Gasteiger partial charge in [0.2, 0.25) is 5.91 Å². The Labute approximate surface area is 161 Å². The van der Waals surface area contributed by atoms with Crippen LogP contribution >= 0.6 is 23.1 Å². The van der Waals surface area contributed by atoms with Crippen molar-refractivity contribution in [2.75, 3.05) is 36.8 Å². The van der Waals surface area contributed by atoms with Gasteiger partial charge in [-0.15, -0.1) is 11.8 Å². The van der Waals surface area contributed by atoms with Crippen molar-refractivity contribution < 1.29 is 4.79 Å². The summed E-state index contributed by atoms with van der Waals surface area (Å²) in [5.41, 5.74) is 2.33. The van der Waals surface area contributed by atoms with Crippen LogP contribution in [0.5, 0.6) is 0 Å². The lowest BCUT2D eigenvalue weighted by atomic mass is 10.2. The van der Waals surface area contributed by atoms with Crippen LogP contribution in [0.15, 0.2) is 54.6 Å². The summed E-state index contributed by atoms with van der Waals surface area (Å²) in [6.07, 6.45) is 0. The van der Waals surface area contributed by atoms with E-state index in [4.69, 9.17) is 4.98 Å². The Balaban J connectivity index is 1.27. The Morgan fingerprint density at radius 2 is 1.73 bits per heavy atom. The molecule has 0 unspecified atom stereocenters. The van der Waals surface area contributed by atoms with Crippen molar-refractivity contribution in [3.63, 3.8) is 0 Å². The second-order valence-electron chi connectivity index (χ2n) is 6.31. The number of thioether (sulfide) groups is 1. The highest BCUT2D eigenvalue weighted by Gasteiger charge is 2.22. The number of rotatable bonds is 5. The van der Waals surface area contributed by atoms with Gasteiger partial charge in [0, 0.05) is 31.9 Å². The molecule has 1 fully saturated rings. The number of benzene rings is 2. The Hall–Kier alpha value is -2.05. The van der Waals surface area contributed by atoms with Crippen LogP contribution in [0.1, 0.15) is 5.56 Å². The number of hydrogen-bond acceptors (Lipinski definition) is 5. The maximum atomic E-state index is 12.4. The number of amides is 1. The molecule has 2 heterocycles. The van der Waals surface area contributed by atoms with Gasteiger partial charge in [-0.1, -0.05) is 53.8 Å². The third kappa shape index (κ3) is 4.02. The first-order chi connectivity index (χ1) is 12.8. The summed E-state index contributed by atoms with van der Waals surface area (Å²) in [5.74, 6) is 1.68. The van der Waals surface area contributed by atoms with Crippen molar-refractivity contribution in [3.8, 4) is 0 Å². The van der Waals surface area contributed by atoms with Gasteiger partial charge in [-0.05, 0) is 17.7 Å². The van der Waals surface area contributed by atoms with Crippen molar-refractivity contribution in [3.05, 3.63) is 60.2 Å². The first kappa shape index (κ1) is 17.4. The van der Waals surface area contributed by atoms with Crippen LogP contribution in [-0.2, 0) is 10.5 Å². The van der Waals surface area contributed by atoms with Gasteiger partial charge in [0.05, 0.1) is 16.0 Å². The fourth-order valence-electron chi connectivity index (χ4n) is 3.06. The highest BCUT2D eigenvalue weighted by atomic mass is 32.2. The van der Waals surface area contributed by atoms with Crippen LogP contribution in [0.3, 0.4) is 0 Å². The molecule has 6 heteroatoms. The lowest BCUT2D eigenvalue weighted by Gasteiger charge is -2.34. The number of carbonyl (C=O) groups excluding carboxylic acids is 1. The van der Waals surface area contributed by atoms with Crippen molar-refractivity contribution in [2.45, 2.75) is 5.75 Å². The maximum Gasteiger partial charge on any atom is 0.232 e. The Morgan fingerprint density at radius 1 is 1.00 bits per heavy atom. The number of piperazine rings is 1. The van der Waals surface area contributed by atoms with Crippen molar-refractivity contribution in [1.82, 2.24) is 9.88 Å². The lowest BCUT2D eigenvalue weighted by molar-refractivity contribution is -0.128. The SMILES string of the molecule is O=C(CSCc1ccccc1)N1CCN(c2nc3ccccc3s2)CC1. The molecule has 1 amide bonds. The van der Waals surface area contributed by atoms with Crippen LogP contribution in [0, 0.1) is 0 Å². The molecule has 0 bridgehead atoms. The second-order valence-corrected chi connectivity index (χ2v) is 8.31. The summed E-state index contributed by atoms with van der Waals surface area (Å²) in [7, 11) is 0. The minimum absolute atomic E-state index is 0.245. The first-order valence-electron chi connectivity index (χ1n) is 8.79. The van der Waals surface area contributed by atoms with Gasteiger partial charge in [-0.2, -0.15) is 0 Å². The number of para-hydroxylation sites is 1. The van der Waals surface area contributed by atoms with E-state index in [1.807, 2.05) is 35.2 Å². The minimum atomic E-state index is 0.245. The molecule has 0 aliphatic carbocycles. The molecule has 0 spiro atoms. The van der Waals surface area contributed by atoms with E-state index in [0.29, 0.717) is 5.75 Å². The highest BCUT2D eigenvalue weighted by molar-refractivity contribution is 7.99. The molecule has 0 atom stereocenters. The number of carbonyl (C=O) groups is 1. The summed E-state index contributed by atoms with van der Waals surface area (Å²) in [5, 5.41) is 1.07. The molecule has 0 saturated carbocycles. The molecule has 0 N–H and O–H groups in total. The van der Waals surface area contributed by atoms with Crippen LogP contribution in [0.25, 0.3) is 10.2 Å². The van der Waals surface area contributed by atoms with E-state index < -0.39 is 0 Å². The molecule has 3 aromatic rings. The summed E-state index contributed by atoms with van der Waals surface area (Å²) >= 11 is 3.43.